The van der Waals surface area contributed by atoms with Crippen LogP contribution >= 0.6 is 35.0 Å². The summed E-state index contributed by atoms with van der Waals surface area (Å²) >= 11 is 13.7. The van der Waals surface area contributed by atoms with Crippen LogP contribution in [0.4, 0.5) is 22.0 Å². The van der Waals surface area contributed by atoms with Crippen LogP contribution in [0.2, 0.25) is 10.3 Å². The molecule has 1 amide bonds. The third-order valence-corrected chi connectivity index (χ3v) is 5.96. The fraction of sp³-hybridized carbons (Fsp3) is 0.261. The molecule has 0 bridgehead atoms. The van der Waals surface area contributed by atoms with Crippen molar-refractivity contribution in [3.63, 3.8) is 0 Å². The van der Waals surface area contributed by atoms with E-state index in [1.54, 1.807) is 11.8 Å². The summed E-state index contributed by atoms with van der Waals surface area (Å²) in [5.74, 6) is 1.30. The van der Waals surface area contributed by atoms with Crippen LogP contribution in [0.3, 0.4) is 0 Å². The van der Waals surface area contributed by atoms with Gasteiger partial charge in [-0.3, -0.25) is 4.90 Å². The second kappa shape index (κ2) is 10.4. The van der Waals surface area contributed by atoms with Crippen LogP contribution in [-0.4, -0.2) is 32.5 Å². The third-order valence-electron chi connectivity index (χ3n) is 4.50. The molecule has 9 heteroatoms. The van der Waals surface area contributed by atoms with Crippen molar-refractivity contribution < 1.29 is 9.90 Å². The van der Waals surface area contributed by atoms with Gasteiger partial charge in [0.1, 0.15) is 5.02 Å². The number of anilines is 3. The number of thioether (sulfide) groups is 1. The Morgan fingerprint density at radius 2 is 1.91 bits per heavy atom. The monoisotopic (exact) mass is 490 g/mol. The van der Waals surface area contributed by atoms with Gasteiger partial charge in [-0.1, -0.05) is 29.8 Å². The molecule has 3 rings (SSSR count). The molecular formula is C23H24Cl2N4O2S. The van der Waals surface area contributed by atoms with Gasteiger partial charge >= 0.3 is 6.09 Å². The number of amides is 1. The minimum Gasteiger partial charge on any atom is -0.465 e. The van der Waals surface area contributed by atoms with E-state index in [1.807, 2.05) is 63.2 Å². The lowest BCUT2D eigenvalue weighted by Crippen LogP contribution is -2.45. The highest BCUT2D eigenvalue weighted by molar-refractivity contribution is 7.99. The predicted molar refractivity (Wildman–Crippen MR) is 133 cm³/mol. The number of halogens is 2. The zero-order valence-corrected chi connectivity index (χ0v) is 20.3. The molecule has 0 radical (unpaired) electrons. The summed E-state index contributed by atoms with van der Waals surface area (Å²) in [6.45, 7) is 5.64. The maximum atomic E-state index is 11.7. The quantitative estimate of drug-likeness (QED) is 0.270. The number of carbonyl (C=O) groups is 1. The van der Waals surface area contributed by atoms with Crippen molar-refractivity contribution in [1.29, 1.82) is 0 Å². The van der Waals surface area contributed by atoms with Gasteiger partial charge in [0.15, 0.2) is 5.82 Å². The Morgan fingerprint density at radius 1 is 1.16 bits per heavy atom. The normalized spacial score (nSPS) is 11.3. The number of hydrogen-bond acceptors (Lipinski definition) is 5. The molecule has 0 aliphatic heterocycles. The molecule has 3 aromatic rings. The van der Waals surface area contributed by atoms with Gasteiger partial charge < -0.3 is 10.4 Å². The summed E-state index contributed by atoms with van der Waals surface area (Å²) in [5.41, 5.74) is 2.14. The average molecular weight is 491 g/mol. The minimum atomic E-state index is -0.964. The summed E-state index contributed by atoms with van der Waals surface area (Å²) < 4.78 is 0. The van der Waals surface area contributed by atoms with E-state index in [0.717, 1.165) is 28.3 Å². The Hall–Kier alpha value is -2.48. The van der Waals surface area contributed by atoms with E-state index in [9.17, 15) is 9.90 Å². The van der Waals surface area contributed by atoms with E-state index in [2.05, 4.69) is 21.4 Å². The Bertz CT molecular complexity index is 1110. The first-order valence-electron chi connectivity index (χ1n) is 9.93. The maximum Gasteiger partial charge on any atom is 0.412 e. The molecule has 1 aromatic heterocycles. The standard InChI is InChI=1S/C23H24Cl2N4O2S/c1-23(2,3)29(22(30)31)17-8-5-9-18(13-17)32-11-10-15-6-4-7-16(12-15)27-20-19(24)14-26-21(25)28-20/h4-9,12-14H,10-11H2,1-3H3,(H,30,31)(H,26,27,28). The topological polar surface area (TPSA) is 78.4 Å². The summed E-state index contributed by atoms with van der Waals surface area (Å²) in [5, 5.41) is 13.3. The largest absolute Gasteiger partial charge is 0.465 e. The molecule has 0 saturated carbocycles. The van der Waals surface area contributed by atoms with Gasteiger partial charge in [0.05, 0.1) is 6.20 Å². The third kappa shape index (κ3) is 6.51. The lowest BCUT2D eigenvalue weighted by atomic mass is 10.1. The SMILES string of the molecule is CC(C)(C)N(C(=O)O)c1cccc(SCCc2cccc(Nc3nc(Cl)ncc3Cl)c2)c1. The molecule has 2 N–H and O–H groups in total. The van der Waals surface area contributed by atoms with Crippen molar-refractivity contribution >= 4 is 58.2 Å². The van der Waals surface area contributed by atoms with Crippen molar-refractivity contribution in [2.24, 2.45) is 0 Å². The second-order valence-corrected chi connectivity index (χ2v) is 9.96. The van der Waals surface area contributed by atoms with E-state index in [-0.39, 0.29) is 5.28 Å². The first-order chi connectivity index (χ1) is 15.1. The van der Waals surface area contributed by atoms with Crippen LogP contribution in [0.25, 0.3) is 0 Å². The average Bonchev–Trinajstić information content (AvgIpc) is 2.70. The maximum absolute atomic E-state index is 11.7. The number of nitrogens with zero attached hydrogens (tertiary/aromatic N) is 3. The van der Waals surface area contributed by atoms with E-state index < -0.39 is 11.6 Å². The van der Waals surface area contributed by atoms with Gasteiger partial charge in [-0.15, -0.1) is 11.8 Å². The highest BCUT2D eigenvalue weighted by Gasteiger charge is 2.27. The summed E-state index contributed by atoms with van der Waals surface area (Å²) in [6, 6.07) is 15.6. The number of rotatable bonds is 7. The molecule has 32 heavy (non-hydrogen) atoms. The number of aryl methyl sites for hydroxylation is 1. The Labute approximate surface area is 202 Å². The smallest absolute Gasteiger partial charge is 0.412 e. The Morgan fingerprint density at radius 3 is 2.62 bits per heavy atom. The first-order valence-corrected chi connectivity index (χ1v) is 11.7. The fourth-order valence-electron chi connectivity index (χ4n) is 3.16. The molecule has 0 aliphatic carbocycles. The van der Waals surface area contributed by atoms with Crippen LogP contribution in [0.1, 0.15) is 26.3 Å². The summed E-state index contributed by atoms with van der Waals surface area (Å²) in [6.07, 6.45) is 1.33. The molecule has 0 atom stereocenters. The number of nitrogens with one attached hydrogen (secondary N) is 1. The first kappa shape index (κ1) is 24.2. The molecule has 0 spiro atoms. The molecule has 6 nitrogen and oxygen atoms in total. The molecule has 0 saturated heterocycles. The van der Waals surface area contributed by atoms with Crippen LogP contribution in [-0.2, 0) is 6.42 Å². The lowest BCUT2D eigenvalue weighted by Gasteiger charge is -2.33. The molecule has 0 fully saturated rings. The van der Waals surface area contributed by atoms with Crippen molar-refractivity contribution in [3.8, 4) is 0 Å². The Balaban J connectivity index is 1.64. The van der Waals surface area contributed by atoms with Crippen molar-refractivity contribution in [2.75, 3.05) is 16.0 Å². The van der Waals surface area contributed by atoms with Crippen molar-refractivity contribution in [3.05, 3.63) is 70.6 Å². The van der Waals surface area contributed by atoms with Crippen LogP contribution in [0.5, 0.6) is 0 Å². The minimum absolute atomic E-state index is 0.125. The zero-order chi connectivity index (χ0) is 23.3. The molecule has 0 unspecified atom stereocenters. The number of benzene rings is 2. The van der Waals surface area contributed by atoms with Gasteiger partial charge in [0.25, 0.3) is 0 Å². The predicted octanol–water partition coefficient (Wildman–Crippen LogP) is 7.14. The number of carboxylic acid groups (broad SMARTS) is 1. The highest BCUT2D eigenvalue weighted by Crippen LogP contribution is 2.29. The van der Waals surface area contributed by atoms with Crippen LogP contribution < -0.4 is 10.2 Å². The van der Waals surface area contributed by atoms with E-state index >= 15 is 0 Å². The van der Waals surface area contributed by atoms with Gasteiger partial charge in [-0.05, 0) is 74.7 Å². The molecule has 0 aliphatic rings. The van der Waals surface area contributed by atoms with Crippen LogP contribution in [0, 0.1) is 0 Å². The van der Waals surface area contributed by atoms with Crippen molar-refractivity contribution in [2.45, 2.75) is 37.6 Å². The van der Waals surface area contributed by atoms with Crippen molar-refractivity contribution in [1.82, 2.24) is 9.97 Å². The van der Waals surface area contributed by atoms with Gasteiger partial charge in [-0.2, -0.15) is 4.98 Å². The van der Waals surface area contributed by atoms with E-state index in [1.165, 1.54) is 11.1 Å². The summed E-state index contributed by atoms with van der Waals surface area (Å²) in [4.78, 5) is 22.1. The molecule has 1 heterocycles. The number of aromatic nitrogens is 2. The summed E-state index contributed by atoms with van der Waals surface area (Å²) in [7, 11) is 0. The van der Waals surface area contributed by atoms with E-state index in [0.29, 0.717) is 16.5 Å². The lowest BCUT2D eigenvalue weighted by molar-refractivity contribution is 0.195. The second-order valence-electron chi connectivity index (χ2n) is 8.05. The number of hydrogen-bond donors (Lipinski definition) is 2. The molecule has 2 aromatic carbocycles. The van der Waals surface area contributed by atoms with E-state index in [4.69, 9.17) is 23.2 Å². The van der Waals surface area contributed by atoms with Gasteiger partial charge in [0.2, 0.25) is 5.28 Å². The van der Waals surface area contributed by atoms with Crippen LogP contribution in [0.15, 0.2) is 59.6 Å². The van der Waals surface area contributed by atoms with Gasteiger partial charge in [-0.25, -0.2) is 9.78 Å². The molecular weight excluding hydrogens is 467 g/mol. The fourth-order valence-corrected chi connectivity index (χ4v) is 4.38. The zero-order valence-electron chi connectivity index (χ0n) is 18.0. The Kier molecular flexibility index (Phi) is 7.87. The highest BCUT2D eigenvalue weighted by atomic mass is 35.5. The molecule has 168 valence electrons. The van der Waals surface area contributed by atoms with Gasteiger partial charge in [0, 0.05) is 27.6 Å².